The molecule has 0 bridgehead atoms. The van der Waals surface area contributed by atoms with Gasteiger partial charge in [-0.25, -0.2) is 9.97 Å². The lowest BCUT2D eigenvalue weighted by Gasteiger charge is -2.12. The molecular formula is C14H15BrN6O. The molecular weight excluding hydrogens is 348 g/mol. The maximum absolute atomic E-state index is 12.2. The zero-order chi connectivity index (χ0) is 16.0. The quantitative estimate of drug-likeness (QED) is 0.425. The van der Waals surface area contributed by atoms with Crippen LogP contribution in [0.4, 0.5) is 5.95 Å². The largest absolute Gasteiger partial charge is 0.618 e. The molecule has 2 N–H and O–H groups in total. The topological polar surface area (TPSA) is 96.6 Å². The molecule has 0 aliphatic rings. The maximum Gasteiger partial charge on any atom is 0.223 e. The van der Waals surface area contributed by atoms with E-state index in [-0.39, 0.29) is 5.95 Å². The van der Waals surface area contributed by atoms with Gasteiger partial charge in [0.25, 0.3) is 0 Å². The third-order valence-electron chi connectivity index (χ3n) is 3.92. The molecule has 0 aliphatic carbocycles. The van der Waals surface area contributed by atoms with Crippen molar-refractivity contribution in [2.24, 2.45) is 0 Å². The Hall–Kier alpha value is -2.22. The molecule has 3 rings (SSSR count). The highest BCUT2D eigenvalue weighted by Crippen LogP contribution is 2.21. The van der Waals surface area contributed by atoms with Crippen LogP contribution in [0.5, 0.6) is 0 Å². The third-order valence-corrected chi connectivity index (χ3v) is 4.48. The summed E-state index contributed by atoms with van der Waals surface area (Å²) in [5.41, 5.74) is 10.6. The molecule has 0 unspecified atom stereocenters. The number of aromatic nitrogens is 5. The molecule has 0 aromatic carbocycles. The zero-order valence-corrected chi connectivity index (χ0v) is 14.0. The minimum Gasteiger partial charge on any atom is -0.618 e. The molecule has 0 saturated carbocycles. The van der Waals surface area contributed by atoms with Gasteiger partial charge < -0.3 is 15.5 Å². The molecule has 0 atom stereocenters. The number of halogens is 1. The van der Waals surface area contributed by atoms with Gasteiger partial charge in [0.15, 0.2) is 11.8 Å². The molecule has 0 amide bonds. The van der Waals surface area contributed by atoms with Crippen LogP contribution in [0.25, 0.3) is 11.2 Å². The first-order valence-corrected chi connectivity index (χ1v) is 7.50. The predicted octanol–water partition coefficient (Wildman–Crippen LogP) is 1.78. The van der Waals surface area contributed by atoms with E-state index in [9.17, 15) is 5.21 Å². The summed E-state index contributed by atoms with van der Waals surface area (Å²) >= 11 is 3.32. The van der Waals surface area contributed by atoms with Gasteiger partial charge in [0.2, 0.25) is 11.6 Å². The average Bonchev–Trinajstić information content (AvgIpc) is 2.84. The number of anilines is 1. The van der Waals surface area contributed by atoms with Crippen LogP contribution in [-0.4, -0.2) is 19.5 Å². The Morgan fingerprint density at radius 1 is 1.27 bits per heavy atom. The minimum atomic E-state index is 0.160. The first-order chi connectivity index (χ1) is 10.4. The standard InChI is InChI=1S/C14H15BrN6O/c1-7-4-21(22)10(9(3)8(7)2)5-20-6-17-11-12(15)18-14(16)19-13(11)20/h4,6H,5H2,1-3H3,(H2,16,18,19). The van der Waals surface area contributed by atoms with Crippen LogP contribution in [0.15, 0.2) is 17.1 Å². The van der Waals surface area contributed by atoms with Crippen molar-refractivity contribution in [3.63, 3.8) is 0 Å². The SMILES string of the molecule is Cc1c[n+]([O-])c(Cn2cnc3c(Br)nc(N)nc32)c(C)c1C. The number of nitrogen functional groups attached to an aromatic ring is 1. The second-order valence-corrected chi connectivity index (χ2v) is 6.00. The average molecular weight is 363 g/mol. The molecule has 0 aliphatic heterocycles. The van der Waals surface area contributed by atoms with Crippen molar-refractivity contribution < 1.29 is 4.73 Å². The Morgan fingerprint density at radius 3 is 2.73 bits per heavy atom. The Kier molecular flexibility index (Phi) is 3.48. The Balaban J connectivity index is 2.14. The van der Waals surface area contributed by atoms with E-state index in [2.05, 4.69) is 30.9 Å². The first-order valence-electron chi connectivity index (χ1n) is 6.71. The fraction of sp³-hybridized carbons (Fsp3) is 0.286. The van der Waals surface area contributed by atoms with Crippen molar-refractivity contribution in [2.45, 2.75) is 27.3 Å². The van der Waals surface area contributed by atoms with Crippen LogP contribution in [-0.2, 0) is 6.54 Å². The zero-order valence-electron chi connectivity index (χ0n) is 12.5. The van der Waals surface area contributed by atoms with Gasteiger partial charge in [-0.1, -0.05) is 0 Å². The van der Waals surface area contributed by atoms with E-state index < -0.39 is 0 Å². The van der Waals surface area contributed by atoms with E-state index in [1.807, 2.05) is 20.8 Å². The van der Waals surface area contributed by atoms with Gasteiger partial charge in [-0.2, -0.15) is 9.71 Å². The van der Waals surface area contributed by atoms with Gasteiger partial charge >= 0.3 is 0 Å². The predicted molar refractivity (Wildman–Crippen MR) is 86.2 cm³/mol. The van der Waals surface area contributed by atoms with Crippen molar-refractivity contribution in [2.75, 3.05) is 5.73 Å². The summed E-state index contributed by atoms with van der Waals surface area (Å²) in [7, 11) is 0. The van der Waals surface area contributed by atoms with Gasteiger partial charge in [-0.15, -0.1) is 0 Å². The lowest BCUT2D eigenvalue weighted by molar-refractivity contribution is -0.615. The van der Waals surface area contributed by atoms with Crippen LogP contribution in [0, 0.1) is 26.0 Å². The molecule has 0 fully saturated rings. The number of hydrogen-bond donors (Lipinski definition) is 1. The molecule has 0 spiro atoms. The first kappa shape index (κ1) is 14.7. The number of rotatable bonds is 2. The molecule has 3 aromatic heterocycles. The van der Waals surface area contributed by atoms with E-state index in [0.29, 0.717) is 28.0 Å². The van der Waals surface area contributed by atoms with Crippen molar-refractivity contribution in [3.05, 3.63) is 44.7 Å². The number of imidazole rings is 1. The normalized spacial score (nSPS) is 11.3. The summed E-state index contributed by atoms with van der Waals surface area (Å²) in [6.45, 7) is 6.26. The molecule has 0 saturated heterocycles. The smallest absolute Gasteiger partial charge is 0.223 e. The van der Waals surface area contributed by atoms with Crippen LogP contribution < -0.4 is 10.5 Å². The Morgan fingerprint density at radius 2 is 2.00 bits per heavy atom. The van der Waals surface area contributed by atoms with E-state index in [0.717, 1.165) is 21.4 Å². The van der Waals surface area contributed by atoms with Gasteiger partial charge in [-0.3, -0.25) is 0 Å². The van der Waals surface area contributed by atoms with Crippen LogP contribution in [0.2, 0.25) is 0 Å². The van der Waals surface area contributed by atoms with Crippen LogP contribution >= 0.6 is 15.9 Å². The highest BCUT2D eigenvalue weighted by atomic mass is 79.9. The number of aryl methyl sites for hydroxylation is 1. The van der Waals surface area contributed by atoms with Crippen molar-refractivity contribution in [1.29, 1.82) is 0 Å². The molecule has 7 nitrogen and oxygen atoms in total. The molecule has 3 heterocycles. The highest BCUT2D eigenvalue weighted by molar-refractivity contribution is 9.10. The van der Waals surface area contributed by atoms with Crippen LogP contribution in [0.3, 0.4) is 0 Å². The second kappa shape index (κ2) is 5.20. The molecule has 114 valence electrons. The summed E-state index contributed by atoms with van der Waals surface area (Å²) in [6, 6.07) is 0. The van der Waals surface area contributed by atoms with E-state index in [1.165, 1.54) is 0 Å². The van der Waals surface area contributed by atoms with E-state index >= 15 is 0 Å². The van der Waals surface area contributed by atoms with Crippen molar-refractivity contribution in [3.8, 4) is 0 Å². The van der Waals surface area contributed by atoms with Gasteiger partial charge in [0, 0.05) is 11.1 Å². The fourth-order valence-electron chi connectivity index (χ4n) is 2.42. The number of hydrogen-bond acceptors (Lipinski definition) is 5. The number of fused-ring (bicyclic) bond motifs is 1. The van der Waals surface area contributed by atoms with E-state index in [1.54, 1.807) is 17.1 Å². The molecule has 0 radical (unpaired) electrons. The summed E-state index contributed by atoms with van der Waals surface area (Å²) in [5, 5.41) is 12.2. The summed E-state index contributed by atoms with van der Waals surface area (Å²) in [5.74, 6) is 0.160. The summed E-state index contributed by atoms with van der Waals surface area (Å²) < 4.78 is 3.24. The molecule has 22 heavy (non-hydrogen) atoms. The number of nitrogens with two attached hydrogens (primary N) is 1. The van der Waals surface area contributed by atoms with Gasteiger partial charge in [0.05, 0.1) is 6.33 Å². The monoisotopic (exact) mass is 362 g/mol. The summed E-state index contributed by atoms with van der Waals surface area (Å²) in [4.78, 5) is 12.5. The van der Waals surface area contributed by atoms with Crippen LogP contribution in [0.1, 0.15) is 22.4 Å². The molecule has 8 heteroatoms. The molecule has 3 aromatic rings. The lowest BCUT2D eigenvalue weighted by Crippen LogP contribution is -2.35. The van der Waals surface area contributed by atoms with Gasteiger partial charge in [0.1, 0.15) is 16.7 Å². The Bertz CT molecular complexity index is 889. The van der Waals surface area contributed by atoms with Crippen molar-refractivity contribution >= 4 is 33.0 Å². The fourth-order valence-corrected chi connectivity index (χ4v) is 2.88. The van der Waals surface area contributed by atoms with Gasteiger partial charge in [-0.05, 0) is 42.3 Å². The second-order valence-electron chi connectivity index (χ2n) is 5.25. The number of nitrogens with zero attached hydrogens (tertiary/aromatic N) is 5. The third kappa shape index (κ3) is 2.29. The lowest BCUT2D eigenvalue weighted by atomic mass is 10.0. The Labute approximate surface area is 135 Å². The van der Waals surface area contributed by atoms with E-state index in [4.69, 9.17) is 5.73 Å². The number of pyridine rings is 1. The maximum atomic E-state index is 12.2. The minimum absolute atomic E-state index is 0.160. The highest BCUT2D eigenvalue weighted by Gasteiger charge is 2.18. The summed E-state index contributed by atoms with van der Waals surface area (Å²) in [6.07, 6.45) is 3.23. The van der Waals surface area contributed by atoms with Crippen molar-refractivity contribution in [1.82, 2.24) is 19.5 Å².